The lowest BCUT2D eigenvalue weighted by Gasteiger charge is -2.41. The summed E-state index contributed by atoms with van der Waals surface area (Å²) in [5, 5.41) is 9.28. The zero-order valence-electron chi connectivity index (χ0n) is 10.5. The summed E-state index contributed by atoms with van der Waals surface area (Å²) in [5.74, 6) is 0.337. The van der Waals surface area contributed by atoms with Crippen LogP contribution in [0.4, 0.5) is 0 Å². The molecule has 84 valence electrons. The van der Waals surface area contributed by atoms with Gasteiger partial charge >= 0.3 is 0 Å². The zero-order valence-corrected chi connectivity index (χ0v) is 10.5. The zero-order chi connectivity index (χ0) is 11.7. The maximum Gasteiger partial charge on any atom is 0.115 e. The third-order valence-electron chi connectivity index (χ3n) is 4.16. The van der Waals surface area contributed by atoms with Gasteiger partial charge in [0, 0.05) is 0 Å². The summed E-state index contributed by atoms with van der Waals surface area (Å²) in [5.41, 5.74) is 1.66. The van der Waals surface area contributed by atoms with Crippen LogP contribution >= 0.6 is 0 Å². The third kappa shape index (κ3) is 2.17. The highest BCUT2D eigenvalue weighted by atomic mass is 16.3. The fourth-order valence-corrected chi connectivity index (χ4v) is 1.71. The summed E-state index contributed by atoms with van der Waals surface area (Å²) < 4.78 is 0. The van der Waals surface area contributed by atoms with Gasteiger partial charge in [0.05, 0.1) is 0 Å². The van der Waals surface area contributed by atoms with Crippen LogP contribution in [0.1, 0.15) is 46.6 Å². The van der Waals surface area contributed by atoms with Gasteiger partial charge in [0.15, 0.2) is 0 Å². The van der Waals surface area contributed by atoms with Gasteiger partial charge in [-0.05, 0) is 28.5 Å². The fourth-order valence-electron chi connectivity index (χ4n) is 1.71. The van der Waals surface area contributed by atoms with E-state index in [9.17, 15) is 5.11 Å². The Morgan fingerprint density at radius 1 is 1.00 bits per heavy atom. The second kappa shape index (κ2) is 3.88. The number of hydrogen-bond acceptors (Lipinski definition) is 1. The molecular weight excluding hydrogens is 184 g/mol. The van der Waals surface area contributed by atoms with E-state index in [-0.39, 0.29) is 10.8 Å². The van der Waals surface area contributed by atoms with Gasteiger partial charge in [-0.25, -0.2) is 0 Å². The highest BCUT2D eigenvalue weighted by molar-refractivity contribution is 5.32. The summed E-state index contributed by atoms with van der Waals surface area (Å²) in [6, 6.07) is 7.57. The quantitative estimate of drug-likeness (QED) is 0.789. The Bertz CT molecular complexity index is 320. The molecule has 0 aromatic heterocycles. The molecular formula is C14H22O. The minimum atomic E-state index is 0.120. The summed E-state index contributed by atoms with van der Waals surface area (Å²) >= 11 is 0. The van der Waals surface area contributed by atoms with Crippen LogP contribution in [0.5, 0.6) is 5.75 Å². The molecule has 0 saturated carbocycles. The second-order valence-electron chi connectivity index (χ2n) is 5.41. The van der Waals surface area contributed by atoms with Crippen molar-refractivity contribution < 1.29 is 5.11 Å². The van der Waals surface area contributed by atoms with Crippen molar-refractivity contribution in [2.75, 3.05) is 0 Å². The van der Waals surface area contributed by atoms with Gasteiger partial charge in [-0.3, -0.25) is 0 Å². The molecule has 0 aliphatic carbocycles. The van der Waals surface area contributed by atoms with Gasteiger partial charge in [-0.2, -0.15) is 0 Å². The van der Waals surface area contributed by atoms with Crippen molar-refractivity contribution in [2.45, 2.75) is 46.5 Å². The molecule has 0 spiro atoms. The lowest BCUT2D eigenvalue weighted by atomic mass is 9.63. The first-order valence-corrected chi connectivity index (χ1v) is 5.61. The molecule has 0 amide bonds. The van der Waals surface area contributed by atoms with Crippen molar-refractivity contribution in [1.82, 2.24) is 0 Å². The molecule has 0 radical (unpaired) electrons. The molecule has 0 saturated heterocycles. The van der Waals surface area contributed by atoms with Crippen molar-refractivity contribution in [3.63, 3.8) is 0 Å². The van der Waals surface area contributed by atoms with Crippen LogP contribution in [-0.4, -0.2) is 5.11 Å². The van der Waals surface area contributed by atoms with Crippen LogP contribution in [-0.2, 0) is 5.41 Å². The lowest BCUT2D eigenvalue weighted by molar-refractivity contribution is 0.189. The normalized spacial score (nSPS) is 12.9. The SMILES string of the molecule is CCC(C)(C)C(C)(C)c1ccc(O)cc1. The first kappa shape index (κ1) is 12.1. The lowest BCUT2D eigenvalue weighted by Crippen LogP contribution is -2.35. The summed E-state index contributed by atoms with van der Waals surface area (Å²) in [6.45, 7) is 11.3. The van der Waals surface area contributed by atoms with E-state index in [1.165, 1.54) is 5.56 Å². The molecule has 1 N–H and O–H groups in total. The van der Waals surface area contributed by atoms with E-state index < -0.39 is 0 Å². The summed E-state index contributed by atoms with van der Waals surface area (Å²) in [7, 11) is 0. The van der Waals surface area contributed by atoms with E-state index in [0.717, 1.165) is 6.42 Å². The Labute approximate surface area is 93.1 Å². The molecule has 0 fully saturated rings. The van der Waals surface area contributed by atoms with Crippen LogP contribution < -0.4 is 0 Å². The average Bonchev–Trinajstić information content (AvgIpc) is 2.18. The van der Waals surface area contributed by atoms with Crippen LogP contribution in [0.25, 0.3) is 0 Å². The summed E-state index contributed by atoms with van der Waals surface area (Å²) in [6.07, 6.45) is 1.14. The van der Waals surface area contributed by atoms with Gasteiger partial charge in [0.2, 0.25) is 0 Å². The molecule has 1 aromatic rings. The molecule has 1 rings (SSSR count). The van der Waals surface area contributed by atoms with E-state index in [2.05, 4.69) is 34.6 Å². The molecule has 1 nitrogen and oxygen atoms in total. The smallest absolute Gasteiger partial charge is 0.115 e. The molecule has 0 unspecified atom stereocenters. The van der Waals surface area contributed by atoms with Gasteiger partial charge in [-0.15, -0.1) is 0 Å². The van der Waals surface area contributed by atoms with Crippen LogP contribution in [0.15, 0.2) is 24.3 Å². The number of phenolic OH excluding ortho intramolecular Hbond substituents is 1. The maximum atomic E-state index is 9.28. The first-order chi connectivity index (χ1) is 6.81. The third-order valence-corrected chi connectivity index (χ3v) is 4.16. The van der Waals surface area contributed by atoms with Crippen molar-refractivity contribution in [3.05, 3.63) is 29.8 Å². The highest BCUT2D eigenvalue weighted by Gasteiger charge is 2.36. The highest BCUT2D eigenvalue weighted by Crippen LogP contribution is 2.43. The standard InChI is InChI=1S/C14H22O/c1-6-13(2,3)14(4,5)11-7-9-12(15)10-8-11/h7-10,15H,6H2,1-5H3. The Hall–Kier alpha value is -0.980. The Balaban J connectivity index is 3.10. The fraction of sp³-hybridized carbons (Fsp3) is 0.571. The molecule has 0 heterocycles. The van der Waals surface area contributed by atoms with Gasteiger partial charge in [0.1, 0.15) is 5.75 Å². The Kier molecular flexibility index (Phi) is 3.13. The van der Waals surface area contributed by atoms with Gasteiger partial charge < -0.3 is 5.11 Å². The monoisotopic (exact) mass is 206 g/mol. The van der Waals surface area contributed by atoms with E-state index in [0.29, 0.717) is 5.75 Å². The predicted molar refractivity (Wildman–Crippen MR) is 65.2 cm³/mol. The van der Waals surface area contributed by atoms with Crippen LogP contribution in [0.2, 0.25) is 0 Å². The molecule has 0 aliphatic rings. The van der Waals surface area contributed by atoms with E-state index in [1.807, 2.05) is 12.1 Å². The molecule has 0 bridgehead atoms. The molecule has 1 heteroatoms. The van der Waals surface area contributed by atoms with Crippen molar-refractivity contribution >= 4 is 0 Å². The molecule has 0 aliphatic heterocycles. The average molecular weight is 206 g/mol. The van der Waals surface area contributed by atoms with Crippen molar-refractivity contribution in [1.29, 1.82) is 0 Å². The minimum Gasteiger partial charge on any atom is -0.508 e. The Morgan fingerprint density at radius 2 is 1.47 bits per heavy atom. The number of benzene rings is 1. The predicted octanol–water partition coefficient (Wildman–Crippen LogP) is 4.11. The largest absolute Gasteiger partial charge is 0.508 e. The van der Waals surface area contributed by atoms with E-state index in [1.54, 1.807) is 12.1 Å². The molecule has 15 heavy (non-hydrogen) atoms. The number of phenols is 1. The molecule has 1 aromatic carbocycles. The summed E-state index contributed by atoms with van der Waals surface area (Å²) in [4.78, 5) is 0. The number of hydrogen-bond donors (Lipinski definition) is 1. The van der Waals surface area contributed by atoms with Gasteiger partial charge in [0.25, 0.3) is 0 Å². The maximum absolute atomic E-state index is 9.28. The Morgan fingerprint density at radius 3 is 1.87 bits per heavy atom. The van der Waals surface area contributed by atoms with E-state index >= 15 is 0 Å². The van der Waals surface area contributed by atoms with Crippen molar-refractivity contribution in [3.8, 4) is 5.75 Å². The minimum absolute atomic E-state index is 0.120. The van der Waals surface area contributed by atoms with Gasteiger partial charge in [-0.1, -0.05) is 53.2 Å². The number of rotatable bonds is 3. The second-order valence-corrected chi connectivity index (χ2v) is 5.41. The van der Waals surface area contributed by atoms with Crippen LogP contribution in [0.3, 0.4) is 0 Å². The topological polar surface area (TPSA) is 20.2 Å². The first-order valence-electron chi connectivity index (χ1n) is 5.61. The number of aromatic hydroxyl groups is 1. The molecule has 0 atom stereocenters. The van der Waals surface area contributed by atoms with E-state index in [4.69, 9.17) is 0 Å². The van der Waals surface area contributed by atoms with Crippen molar-refractivity contribution in [2.24, 2.45) is 5.41 Å². The van der Waals surface area contributed by atoms with Crippen LogP contribution in [0, 0.1) is 5.41 Å².